The van der Waals surface area contributed by atoms with E-state index in [2.05, 4.69) is 9.97 Å². The van der Waals surface area contributed by atoms with Gasteiger partial charge in [-0.1, -0.05) is 60.7 Å². The zero-order valence-corrected chi connectivity index (χ0v) is 19.0. The van der Waals surface area contributed by atoms with Crippen LogP contribution >= 0.6 is 0 Å². The topological polar surface area (TPSA) is 69.4 Å². The molecule has 4 rings (SSSR count). The highest BCUT2D eigenvalue weighted by Gasteiger charge is 2.25. The molecular weight excluding hydrogens is 412 g/mol. The minimum atomic E-state index is -0.932. The highest BCUT2D eigenvalue weighted by atomic mass is 16.5. The standard InChI is InChI=1S/C27H26N4O2/c1-4-33-27(32)26(23-17-24(29-18-28-23)31-19(2)15-16-20(31)3)30-25(21-11-7-5-8-12-21)22-13-9-6-10-14-22/h5-18,26H,4H2,1-3H3. The predicted octanol–water partition coefficient (Wildman–Crippen LogP) is 5.03. The van der Waals surface area contributed by atoms with E-state index >= 15 is 0 Å². The van der Waals surface area contributed by atoms with Crippen molar-refractivity contribution in [3.8, 4) is 5.82 Å². The van der Waals surface area contributed by atoms with Crippen LogP contribution in [0.15, 0.2) is 90.2 Å². The number of esters is 1. The maximum Gasteiger partial charge on any atom is 0.337 e. The van der Waals surface area contributed by atoms with E-state index in [0.29, 0.717) is 17.2 Å². The van der Waals surface area contributed by atoms with Crippen molar-refractivity contribution in [1.29, 1.82) is 0 Å². The first-order valence-corrected chi connectivity index (χ1v) is 10.9. The fourth-order valence-electron chi connectivity index (χ4n) is 3.76. The van der Waals surface area contributed by atoms with E-state index in [-0.39, 0.29) is 6.61 Å². The van der Waals surface area contributed by atoms with E-state index in [9.17, 15) is 4.79 Å². The van der Waals surface area contributed by atoms with E-state index in [1.807, 2.05) is 91.2 Å². The minimum absolute atomic E-state index is 0.255. The second-order valence-electron chi connectivity index (χ2n) is 7.62. The Balaban J connectivity index is 1.86. The number of aryl methyl sites for hydroxylation is 2. The molecule has 6 nitrogen and oxygen atoms in total. The number of aromatic nitrogens is 3. The molecule has 2 aromatic carbocycles. The molecule has 0 saturated heterocycles. The second kappa shape index (κ2) is 10.0. The molecule has 0 saturated carbocycles. The van der Waals surface area contributed by atoms with Gasteiger partial charge in [0.25, 0.3) is 0 Å². The Hall–Kier alpha value is -4.06. The predicted molar refractivity (Wildman–Crippen MR) is 129 cm³/mol. The molecule has 0 radical (unpaired) electrons. The SMILES string of the molecule is CCOC(=O)C(N=C(c1ccccc1)c1ccccc1)c1cc(-n2c(C)ccc2C)ncn1. The molecule has 1 unspecified atom stereocenters. The van der Waals surface area contributed by atoms with E-state index in [0.717, 1.165) is 22.5 Å². The van der Waals surface area contributed by atoms with Crippen LogP contribution in [-0.2, 0) is 9.53 Å². The highest BCUT2D eigenvalue weighted by Crippen LogP contribution is 2.24. The molecule has 2 aromatic heterocycles. The average Bonchev–Trinajstić information content (AvgIpc) is 3.19. The summed E-state index contributed by atoms with van der Waals surface area (Å²) in [5, 5.41) is 0. The lowest BCUT2D eigenvalue weighted by molar-refractivity contribution is -0.144. The second-order valence-corrected chi connectivity index (χ2v) is 7.62. The van der Waals surface area contributed by atoms with Gasteiger partial charge in [0.1, 0.15) is 12.1 Å². The first-order chi connectivity index (χ1) is 16.1. The van der Waals surface area contributed by atoms with Gasteiger partial charge in [-0.15, -0.1) is 0 Å². The molecule has 0 bridgehead atoms. The highest BCUT2D eigenvalue weighted by molar-refractivity contribution is 6.13. The van der Waals surface area contributed by atoms with Crippen molar-refractivity contribution in [1.82, 2.24) is 14.5 Å². The maximum absolute atomic E-state index is 13.1. The largest absolute Gasteiger partial charge is 0.464 e. The fourth-order valence-corrected chi connectivity index (χ4v) is 3.76. The van der Waals surface area contributed by atoms with Gasteiger partial charge in [-0.05, 0) is 32.9 Å². The number of carbonyl (C=O) groups excluding carboxylic acids is 1. The Morgan fingerprint density at radius 3 is 2.03 bits per heavy atom. The lowest BCUT2D eigenvalue weighted by Crippen LogP contribution is -2.19. The van der Waals surface area contributed by atoms with Crippen molar-refractivity contribution in [3.05, 3.63) is 113 Å². The summed E-state index contributed by atoms with van der Waals surface area (Å²) in [5.41, 5.74) is 5.08. The molecule has 1 atom stereocenters. The number of carbonyl (C=O) groups is 1. The smallest absolute Gasteiger partial charge is 0.337 e. The summed E-state index contributed by atoms with van der Waals surface area (Å²) in [7, 11) is 0. The van der Waals surface area contributed by atoms with Crippen molar-refractivity contribution in [3.63, 3.8) is 0 Å². The Kier molecular flexibility index (Phi) is 6.74. The lowest BCUT2D eigenvalue weighted by atomic mass is 10.0. The van der Waals surface area contributed by atoms with Crippen molar-refractivity contribution in [2.45, 2.75) is 26.8 Å². The van der Waals surface area contributed by atoms with Gasteiger partial charge < -0.3 is 9.30 Å². The van der Waals surface area contributed by atoms with Crippen molar-refractivity contribution >= 4 is 11.7 Å². The van der Waals surface area contributed by atoms with Crippen LogP contribution < -0.4 is 0 Å². The zero-order chi connectivity index (χ0) is 23.2. The molecule has 0 fully saturated rings. The number of ether oxygens (including phenoxy) is 1. The summed E-state index contributed by atoms with van der Waals surface area (Å²) >= 11 is 0. The number of rotatable bonds is 7. The first-order valence-electron chi connectivity index (χ1n) is 10.9. The molecule has 166 valence electrons. The summed E-state index contributed by atoms with van der Waals surface area (Å²) in [6.07, 6.45) is 1.47. The molecule has 33 heavy (non-hydrogen) atoms. The molecule has 0 aliphatic carbocycles. The monoisotopic (exact) mass is 438 g/mol. The first kappa shape index (κ1) is 22.1. The normalized spacial score (nSPS) is 11.6. The number of nitrogens with zero attached hydrogens (tertiary/aromatic N) is 4. The number of hydrogen-bond donors (Lipinski definition) is 0. The summed E-state index contributed by atoms with van der Waals surface area (Å²) in [6.45, 7) is 6.06. The van der Waals surface area contributed by atoms with Crippen LogP contribution in [0.2, 0.25) is 0 Å². The third-order valence-electron chi connectivity index (χ3n) is 5.32. The average molecular weight is 439 g/mol. The molecule has 2 heterocycles. The summed E-state index contributed by atoms with van der Waals surface area (Å²) in [4.78, 5) is 26.9. The van der Waals surface area contributed by atoms with Crippen LogP contribution in [0.3, 0.4) is 0 Å². The van der Waals surface area contributed by atoms with Gasteiger partial charge in [-0.3, -0.25) is 4.99 Å². The molecule has 0 spiro atoms. The van der Waals surface area contributed by atoms with E-state index in [1.54, 1.807) is 13.0 Å². The molecule has 0 N–H and O–H groups in total. The van der Waals surface area contributed by atoms with Gasteiger partial charge in [0.2, 0.25) is 0 Å². The molecule has 0 aliphatic rings. The van der Waals surface area contributed by atoms with E-state index in [1.165, 1.54) is 6.33 Å². The Morgan fingerprint density at radius 2 is 1.48 bits per heavy atom. The number of benzene rings is 2. The van der Waals surface area contributed by atoms with Gasteiger partial charge in [0.15, 0.2) is 6.04 Å². The minimum Gasteiger partial charge on any atom is -0.464 e. The van der Waals surface area contributed by atoms with Crippen molar-refractivity contribution in [2.75, 3.05) is 6.61 Å². The van der Waals surface area contributed by atoms with Crippen LogP contribution in [0, 0.1) is 13.8 Å². The molecular formula is C27H26N4O2. The Labute approximate surface area is 193 Å². The van der Waals surface area contributed by atoms with Crippen LogP contribution in [0.5, 0.6) is 0 Å². The number of aliphatic imine (C=N–C) groups is 1. The van der Waals surface area contributed by atoms with Crippen LogP contribution in [0.25, 0.3) is 5.82 Å². The van der Waals surface area contributed by atoms with Crippen molar-refractivity contribution in [2.24, 2.45) is 4.99 Å². The molecule has 0 aliphatic heterocycles. The van der Waals surface area contributed by atoms with E-state index < -0.39 is 12.0 Å². The van der Waals surface area contributed by atoms with Gasteiger partial charge in [0, 0.05) is 28.6 Å². The summed E-state index contributed by atoms with van der Waals surface area (Å²) in [5.74, 6) is 0.234. The van der Waals surface area contributed by atoms with Crippen LogP contribution in [-0.4, -0.2) is 32.8 Å². The van der Waals surface area contributed by atoms with E-state index in [4.69, 9.17) is 9.73 Å². The third kappa shape index (κ3) is 4.90. The van der Waals surface area contributed by atoms with Gasteiger partial charge in [-0.2, -0.15) is 0 Å². The molecule has 0 amide bonds. The molecule has 4 aromatic rings. The quantitative estimate of drug-likeness (QED) is 0.300. The third-order valence-corrected chi connectivity index (χ3v) is 5.32. The van der Waals surface area contributed by atoms with Gasteiger partial charge in [-0.25, -0.2) is 14.8 Å². The summed E-state index contributed by atoms with van der Waals surface area (Å²) < 4.78 is 7.42. The van der Waals surface area contributed by atoms with Crippen LogP contribution in [0.1, 0.15) is 41.2 Å². The fraction of sp³-hybridized carbons (Fsp3) is 0.185. The molecule has 6 heteroatoms. The number of hydrogen-bond acceptors (Lipinski definition) is 5. The van der Waals surface area contributed by atoms with Crippen LogP contribution in [0.4, 0.5) is 0 Å². The van der Waals surface area contributed by atoms with Gasteiger partial charge >= 0.3 is 5.97 Å². The summed E-state index contributed by atoms with van der Waals surface area (Å²) in [6, 6.07) is 24.6. The zero-order valence-electron chi connectivity index (χ0n) is 19.0. The Morgan fingerprint density at radius 1 is 0.909 bits per heavy atom. The Bertz CT molecular complexity index is 1200. The maximum atomic E-state index is 13.1. The van der Waals surface area contributed by atoms with Crippen molar-refractivity contribution < 1.29 is 9.53 Å². The lowest BCUT2D eigenvalue weighted by Gasteiger charge is -2.16. The van der Waals surface area contributed by atoms with Gasteiger partial charge in [0.05, 0.1) is 18.0 Å².